The third kappa shape index (κ3) is 5.55. The van der Waals surface area contributed by atoms with Crippen LogP contribution in [0.4, 0.5) is 17.6 Å². The predicted molar refractivity (Wildman–Crippen MR) is 117 cm³/mol. The highest BCUT2D eigenvalue weighted by molar-refractivity contribution is 5.95. The van der Waals surface area contributed by atoms with Gasteiger partial charge in [0.15, 0.2) is 0 Å². The first-order valence-electron chi connectivity index (χ1n) is 10.1. The fourth-order valence-corrected chi connectivity index (χ4v) is 3.13. The maximum absolute atomic E-state index is 13.9. The molecular weight excluding hydrogens is 450 g/mol. The van der Waals surface area contributed by atoms with Crippen LogP contribution in [-0.4, -0.2) is 15.9 Å². The van der Waals surface area contributed by atoms with E-state index in [1.807, 2.05) is 6.07 Å². The molecule has 2 aromatic carbocycles. The molecule has 5 nitrogen and oxygen atoms in total. The zero-order valence-electron chi connectivity index (χ0n) is 17.5. The van der Waals surface area contributed by atoms with Crippen molar-refractivity contribution in [2.45, 2.75) is 12.7 Å². The van der Waals surface area contributed by atoms with Gasteiger partial charge in [-0.15, -0.1) is 0 Å². The number of carbonyl (C=O) groups is 1. The normalized spacial score (nSPS) is 11.2. The summed E-state index contributed by atoms with van der Waals surface area (Å²) >= 11 is 0. The van der Waals surface area contributed by atoms with Gasteiger partial charge in [-0.3, -0.25) is 9.78 Å². The van der Waals surface area contributed by atoms with E-state index in [4.69, 9.17) is 4.74 Å². The molecule has 2 aromatic heterocycles. The number of nitrogens with one attached hydrogen (secondary N) is 1. The van der Waals surface area contributed by atoms with Crippen molar-refractivity contribution in [1.82, 2.24) is 15.3 Å². The lowest BCUT2D eigenvalue weighted by Gasteiger charge is -2.13. The predicted octanol–water partition coefficient (Wildman–Crippen LogP) is 6.02. The van der Waals surface area contributed by atoms with Crippen LogP contribution in [0.2, 0.25) is 0 Å². The van der Waals surface area contributed by atoms with E-state index in [2.05, 4.69) is 15.3 Å². The van der Waals surface area contributed by atoms with Crippen LogP contribution in [0.1, 0.15) is 21.5 Å². The second kappa shape index (κ2) is 9.70. The molecule has 0 bridgehead atoms. The lowest BCUT2D eigenvalue weighted by Crippen LogP contribution is -2.23. The van der Waals surface area contributed by atoms with Crippen molar-refractivity contribution in [2.24, 2.45) is 0 Å². The first-order chi connectivity index (χ1) is 16.3. The SMILES string of the molecule is O=C(NCc1cccnc1)c1cnc(Oc2ccc(C(F)(F)F)cc2)c(-c2cccc(F)c2)c1. The molecular formula is C25H17F4N3O2. The number of alkyl halides is 3. The van der Waals surface area contributed by atoms with Gasteiger partial charge in [0.05, 0.1) is 11.1 Å². The molecule has 1 amide bonds. The van der Waals surface area contributed by atoms with Crippen molar-refractivity contribution >= 4 is 5.91 Å². The lowest BCUT2D eigenvalue weighted by molar-refractivity contribution is -0.137. The van der Waals surface area contributed by atoms with Crippen molar-refractivity contribution in [3.63, 3.8) is 0 Å². The van der Waals surface area contributed by atoms with Crippen LogP contribution < -0.4 is 10.1 Å². The van der Waals surface area contributed by atoms with Gasteiger partial charge < -0.3 is 10.1 Å². The van der Waals surface area contributed by atoms with Crippen LogP contribution in [-0.2, 0) is 12.7 Å². The Labute approximate surface area is 192 Å². The van der Waals surface area contributed by atoms with Crippen LogP contribution in [0, 0.1) is 5.82 Å². The molecule has 0 atom stereocenters. The molecule has 0 radical (unpaired) electrons. The molecule has 0 unspecified atom stereocenters. The first-order valence-corrected chi connectivity index (χ1v) is 10.1. The summed E-state index contributed by atoms with van der Waals surface area (Å²) in [7, 11) is 0. The lowest BCUT2D eigenvalue weighted by atomic mass is 10.0. The van der Waals surface area contributed by atoms with E-state index in [1.165, 1.54) is 30.5 Å². The van der Waals surface area contributed by atoms with E-state index >= 15 is 0 Å². The van der Waals surface area contributed by atoms with Gasteiger partial charge in [-0.05, 0) is 59.7 Å². The van der Waals surface area contributed by atoms with Gasteiger partial charge in [-0.25, -0.2) is 9.37 Å². The monoisotopic (exact) mass is 467 g/mol. The topological polar surface area (TPSA) is 64.1 Å². The summed E-state index contributed by atoms with van der Waals surface area (Å²) in [4.78, 5) is 20.9. The summed E-state index contributed by atoms with van der Waals surface area (Å²) in [5.41, 5.74) is 0.864. The van der Waals surface area contributed by atoms with Crippen molar-refractivity contribution in [3.05, 3.63) is 108 Å². The molecule has 172 valence electrons. The van der Waals surface area contributed by atoms with E-state index < -0.39 is 23.5 Å². The van der Waals surface area contributed by atoms with E-state index in [1.54, 1.807) is 24.5 Å². The number of hydrogen-bond acceptors (Lipinski definition) is 4. The van der Waals surface area contributed by atoms with Crippen LogP contribution >= 0.6 is 0 Å². The first kappa shape index (κ1) is 22.9. The number of pyridine rings is 2. The average Bonchev–Trinajstić information content (AvgIpc) is 2.83. The summed E-state index contributed by atoms with van der Waals surface area (Å²) in [5, 5.41) is 2.75. The Morgan fingerprint density at radius 2 is 1.76 bits per heavy atom. The summed E-state index contributed by atoms with van der Waals surface area (Å²) in [5.74, 6) is -0.819. The molecule has 0 saturated carbocycles. The number of amides is 1. The van der Waals surface area contributed by atoms with Crippen LogP contribution in [0.25, 0.3) is 11.1 Å². The molecule has 0 aliphatic carbocycles. The third-order valence-electron chi connectivity index (χ3n) is 4.82. The Hall–Kier alpha value is -4.27. The maximum atomic E-state index is 13.9. The summed E-state index contributed by atoms with van der Waals surface area (Å²) < 4.78 is 58.1. The second-order valence-electron chi connectivity index (χ2n) is 7.26. The van der Waals surface area contributed by atoms with Gasteiger partial charge in [0.2, 0.25) is 5.88 Å². The minimum Gasteiger partial charge on any atom is -0.438 e. The Morgan fingerprint density at radius 3 is 2.44 bits per heavy atom. The molecule has 0 aliphatic rings. The second-order valence-corrected chi connectivity index (χ2v) is 7.26. The van der Waals surface area contributed by atoms with Crippen molar-refractivity contribution < 1.29 is 27.1 Å². The third-order valence-corrected chi connectivity index (χ3v) is 4.82. The maximum Gasteiger partial charge on any atom is 0.416 e. The van der Waals surface area contributed by atoms with Gasteiger partial charge in [0.25, 0.3) is 5.91 Å². The van der Waals surface area contributed by atoms with Crippen LogP contribution in [0.15, 0.2) is 85.3 Å². The number of carbonyl (C=O) groups excluding carboxylic acids is 1. The largest absolute Gasteiger partial charge is 0.438 e. The molecule has 2 heterocycles. The number of halogens is 4. The quantitative estimate of drug-likeness (QED) is 0.352. The molecule has 0 spiro atoms. The summed E-state index contributed by atoms with van der Waals surface area (Å²) in [6, 6.07) is 14.7. The summed E-state index contributed by atoms with van der Waals surface area (Å²) in [6.07, 6.45) is 0.0444. The molecule has 0 fully saturated rings. The highest BCUT2D eigenvalue weighted by Gasteiger charge is 2.30. The number of benzene rings is 2. The van der Waals surface area contributed by atoms with E-state index in [0.717, 1.165) is 29.8 Å². The van der Waals surface area contributed by atoms with E-state index in [0.29, 0.717) is 11.1 Å². The summed E-state index contributed by atoms with van der Waals surface area (Å²) in [6.45, 7) is 0.242. The van der Waals surface area contributed by atoms with Gasteiger partial charge in [0.1, 0.15) is 11.6 Å². The molecule has 0 aliphatic heterocycles. The van der Waals surface area contributed by atoms with Crippen molar-refractivity contribution in [2.75, 3.05) is 0 Å². The Balaban J connectivity index is 1.63. The fraction of sp³-hybridized carbons (Fsp3) is 0.0800. The standard InChI is InChI=1S/C25H17F4N3O2/c26-20-5-1-4-17(11-20)22-12-18(23(33)31-14-16-3-2-10-30-13-16)15-32-24(22)34-21-8-6-19(7-9-21)25(27,28)29/h1-13,15H,14H2,(H,31,33). The highest BCUT2D eigenvalue weighted by Crippen LogP contribution is 2.35. The van der Waals surface area contributed by atoms with Crippen molar-refractivity contribution in [3.8, 4) is 22.8 Å². The number of rotatable bonds is 6. The molecule has 4 rings (SSSR count). The molecule has 0 saturated heterocycles. The molecule has 1 N–H and O–H groups in total. The molecule has 34 heavy (non-hydrogen) atoms. The zero-order chi connectivity index (χ0) is 24.1. The highest BCUT2D eigenvalue weighted by atomic mass is 19.4. The number of hydrogen-bond donors (Lipinski definition) is 1. The number of nitrogens with zero attached hydrogens (tertiary/aromatic N) is 2. The van der Waals surface area contributed by atoms with Crippen LogP contribution in [0.3, 0.4) is 0 Å². The van der Waals surface area contributed by atoms with E-state index in [-0.39, 0.29) is 23.7 Å². The minimum atomic E-state index is -4.48. The average molecular weight is 467 g/mol. The van der Waals surface area contributed by atoms with E-state index in [9.17, 15) is 22.4 Å². The Bertz CT molecular complexity index is 1290. The molecule has 9 heteroatoms. The Morgan fingerprint density at radius 1 is 0.971 bits per heavy atom. The Kier molecular flexibility index (Phi) is 6.53. The molecule has 4 aromatic rings. The van der Waals surface area contributed by atoms with Crippen LogP contribution in [0.5, 0.6) is 11.6 Å². The van der Waals surface area contributed by atoms with Gasteiger partial charge in [-0.2, -0.15) is 13.2 Å². The smallest absolute Gasteiger partial charge is 0.416 e. The van der Waals surface area contributed by atoms with Gasteiger partial charge in [0, 0.05) is 30.7 Å². The number of ether oxygens (including phenoxy) is 1. The minimum absolute atomic E-state index is 0.00849. The van der Waals surface area contributed by atoms with Gasteiger partial charge in [-0.1, -0.05) is 18.2 Å². The van der Waals surface area contributed by atoms with Crippen molar-refractivity contribution in [1.29, 1.82) is 0 Å². The zero-order valence-corrected chi connectivity index (χ0v) is 17.5. The number of aromatic nitrogens is 2. The van der Waals surface area contributed by atoms with Gasteiger partial charge >= 0.3 is 6.18 Å². The fourth-order valence-electron chi connectivity index (χ4n) is 3.13.